The molecule has 1 aliphatic rings. The summed E-state index contributed by atoms with van der Waals surface area (Å²) in [5, 5.41) is 16.3. The molecule has 2 heterocycles. The van der Waals surface area contributed by atoms with Crippen LogP contribution < -0.4 is 9.93 Å². The van der Waals surface area contributed by atoms with E-state index in [0.717, 1.165) is 60.1 Å². The summed E-state index contributed by atoms with van der Waals surface area (Å²) in [5.74, 6) is 0.394. The van der Waals surface area contributed by atoms with Crippen LogP contribution >= 0.6 is 15.9 Å². The molecule has 6 nitrogen and oxygen atoms in total. The van der Waals surface area contributed by atoms with Gasteiger partial charge in [-0.05, 0) is 0 Å². The minimum absolute atomic E-state index is 0.00310. The molecule has 2 atom stereocenters. The molecule has 1 aromatic carbocycles. The topological polar surface area (TPSA) is 68.5 Å². The zero-order chi connectivity index (χ0) is 28.4. The van der Waals surface area contributed by atoms with Crippen molar-refractivity contribution in [3.8, 4) is 0 Å². The Hall–Kier alpha value is -1.98. The van der Waals surface area contributed by atoms with Crippen molar-refractivity contribution in [1.82, 2.24) is 30.5 Å². The number of aromatic nitrogens is 5. The number of nitrogens with zero attached hydrogens (tertiary/aromatic N) is 5. The van der Waals surface area contributed by atoms with Crippen molar-refractivity contribution >= 4 is 35.2 Å². The van der Waals surface area contributed by atoms with Gasteiger partial charge in [0.1, 0.15) is 0 Å². The number of benzene rings is 1. The summed E-state index contributed by atoms with van der Waals surface area (Å²) in [6, 6.07) is 3.69. The molecule has 0 aliphatic heterocycles. The molecule has 1 saturated carbocycles. The number of nitrogens with one attached hydrogen (secondary N) is 1. The fraction of sp³-hybridized carbons (Fsp3) is 0.520. The zero-order valence-electron chi connectivity index (χ0n) is 21.3. The predicted molar refractivity (Wildman–Crippen MR) is 138 cm³/mol. The van der Waals surface area contributed by atoms with Crippen LogP contribution in [0.15, 0.2) is 34.9 Å². The second-order valence-corrected chi connectivity index (χ2v) is 15.0. The normalized spacial score (nSPS) is 16.5. The molecule has 0 bridgehead atoms. The Morgan fingerprint density at radius 3 is 2.21 bits per heavy atom. The maximum atomic E-state index is 13.5. The van der Waals surface area contributed by atoms with Gasteiger partial charge in [0.2, 0.25) is 0 Å². The molecule has 0 spiro atoms. The van der Waals surface area contributed by atoms with Gasteiger partial charge in [0.25, 0.3) is 0 Å². The zero-order valence-corrected chi connectivity index (χ0v) is 24.8. The van der Waals surface area contributed by atoms with E-state index in [2.05, 4.69) is 36.7 Å². The molecule has 1 N–H and O–H groups in total. The van der Waals surface area contributed by atoms with Gasteiger partial charge in [-0.1, -0.05) is 0 Å². The van der Waals surface area contributed by atoms with Crippen LogP contribution in [0.4, 0.5) is 26.3 Å². The molecule has 212 valence electrons. The molecule has 39 heavy (non-hydrogen) atoms. The molecular formula is C25H28AsBrF6N6. The first-order valence-corrected chi connectivity index (χ1v) is 16.9. The first-order valence-electron chi connectivity index (χ1n) is 12.5. The Kier molecular flexibility index (Phi) is 9.43. The van der Waals surface area contributed by atoms with E-state index in [4.69, 9.17) is 4.98 Å². The van der Waals surface area contributed by atoms with Gasteiger partial charge < -0.3 is 0 Å². The van der Waals surface area contributed by atoms with Crippen molar-refractivity contribution in [3.63, 3.8) is 0 Å². The number of aryl methyl sites for hydroxylation is 1. The van der Waals surface area contributed by atoms with Crippen molar-refractivity contribution in [2.24, 2.45) is 13.0 Å². The number of alkyl halides is 6. The summed E-state index contributed by atoms with van der Waals surface area (Å²) in [4.78, 5) is 6.00. The van der Waals surface area contributed by atoms with Crippen LogP contribution in [0.25, 0.3) is 0 Å². The standard InChI is InChI=1S/C25H28AsBrF6N6/c1-3-34-21(16-6-4-5-7-16)22-17(10-20(27)14-35-22)13-26(23-36-38-39(2)37-23)12-15-8-18(24(28,29)30)11-19(9-15)25(31,32)33/h8-11,14,16,21,34H,3-7,12-13H2,1-2H3. The maximum absolute atomic E-state index is 13.5. The molecule has 2 aromatic heterocycles. The van der Waals surface area contributed by atoms with Crippen LogP contribution in [0, 0.1) is 5.92 Å². The number of pyridine rings is 1. The van der Waals surface area contributed by atoms with Gasteiger partial charge in [0.05, 0.1) is 0 Å². The van der Waals surface area contributed by atoms with E-state index in [-0.39, 0.29) is 22.9 Å². The third-order valence-corrected chi connectivity index (χ3v) is 11.8. The summed E-state index contributed by atoms with van der Waals surface area (Å²) >= 11 is 0.948. The van der Waals surface area contributed by atoms with Crippen LogP contribution in [0.2, 0.25) is 0 Å². The van der Waals surface area contributed by atoms with Crippen LogP contribution in [0.5, 0.6) is 0 Å². The Bertz CT molecular complexity index is 1240. The average molecular weight is 681 g/mol. The molecular weight excluding hydrogens is 653 g/mol. The van der Waals surface area contributed by atoms with E-state index in [0.29, 0.717) is 15.7 Å². The van der Waals surface area contributed by atoms with Gasteiger partial charge in [-0.15, -0.1) is 0 Å². The number of rotatable bonds is 9. The summed E-state index contributed by atoms with van der Waals surface area (Å²) in [5.41, 5.74) is -0.959. The number of hydrogen-bond donors (Lipinski definition) is 1. The molecule has 0 radical (unpaired) electrons. The van der Waals surface area contributed by atoms with Crippen molar-refractivity contribution < 1.29 is 26.3 Å². The monoisotopic (exact) mass is 680 g/mol. The van der Waals surface area contributed by atoms with Gasteiger partial charge in [-0.3, -0.25) is 0 Å². The van der Waals surface area contributed by atoms with E-state index >= 15 is 0 Å². The summed E-state index contributed by atoms with van der Waals surface area (Å²) in [6.45, 7) is 2.75. The molecule has 4 rings (SSSR count). The number of hydrogen-bond acceptors (Lipinski definition) is 5. The fourth-order valence-corrected chi connectivity index (χ4v) is 9.83. The van der Waals surface area contributed by atoms with Gasteiger partial charge in [-0.25, -0.2) is 0 Å². The molecule has 2 unspecified atom stereocenters. The van der Waals surface area contributed by atoms with Gasteiger partial charge in [0.15, 0.2) is 0 Å². The third kappa shape index (κ3) is 7.61. The minimum atomic E-state index is -4.92. The Morgan fingerprint density at radius 1 is 1.03 bits per heavy atom. The van der Waals surface area contributed by atoms with Crippen molar-refractivity contribution in [1.29, 1.82) is 0 Å². The second-order valence-electron chi connectivity index (χ2n) is 9.63. The summed E-state index contributed by atoms with van der Waals surface area (Å²) in [7, 11) is 1.57. The fourth-order valence-electron chi connectivity index (χ4n) is 5.03. The molecule has 3 aromatic rings. The molecule has 14 heteroatoms. The molecule has 0 amide bonds. The SMILES string of the molecule is CCNC(c1ncc(Br)cc1C[As](Cc1cc(C(F)(F)F)cc(C(F)(F)F)c1)c1nnn(C)n1)C1CCCC1. The Balaban J connectivity index is 1.76. The third-order valence-electron chi connectivity index (χ3n) is 6.72. The van der Waals surface area contributed by atoms with E-state index in [9.17, 15) is 26.3 Å². The van der Waals surface area contributed by atoms with Crippen LogP contribution in [-0.4, -0.2) is 46.4 Å². The van der Waals surface area contributed by atoms with E-state index in [1.54, 1.807) is 13.2 Å². The quantitative estimate of drug-likeness (QED) is 0.239. The molecule has 1 fully saturated rings. The van der Waals surface area contributed by atoms with Crippen molar-refractivity contribution in [3.05, 3.63) is 62.9 Å². The Labute approximate surface area is 235 Å². The van der Waals surface area contributed by atoms with Crippen LogP contribution in [0.3, 0.4) is 0 Å². The molecule has 0 saturated heterocycles. The summed E-state index contributed by atoms with van der Waals surface area (Å²) in [6.07, 6.45) is -3.72. The summed E-state index contributed by atoms with van der Waals surface area (Å²) < 4.78 is 82.4. The van der Waals surface area contributed by atoms with E-state index in [1.807, 2.05) is 13.0 Å². The van der Waals surface area contributed by atoms with Gasteiger partial charge >= 0.3 is 236 Å². The Morgan fingerprint density at radius 2 is 1.67 bits per heavy atom. The molecule has 1 aliphatic carbocycles. The van der Waals surface area contributed by atoms with Crippen molar-refractivity contribution in [2.45, 2.75) is 61.4 Å². The van der Waals surface area contributed by atoms with Gasteiger partial charge in [-0.2, -0.15) is 0 Å². The second kappa shape index (κ2) is 12.3. The number of tetrazole rings is 1. The van der Waals surface area contributed by atoms with Crippen LogP contribution in [0.1, 0.15) is 66.6 Å². The van der Waals surface area contributed by atoms with E-state index < -0.39 is 38.1 Å². The first-order chi connectivity index (χ1) is 18.3. The average Bonchev–Trinajstić information content (AvgIpc) is 3.53. The number of halogens is 7. The predicted octanol–water partition coefficient (Wildman–Crippen LogP) is 5.51. The van der Waals surface area contributed by atoms with Crippen LogP contribution in [-0.2, 0) is 29.8 Å². The van der Waals surface area contributed by atoms with E-state index in [1.165, 1.54) is 4.80 Å². The van der Waals surface area contributed by atoms with Gasteiger partial charge in [0, 0.05) is 0 Å². The first kappa shape index (κ1) is 30.0. The van der Waals surface area contributed by atoms with Crippen molar-refractivity contribution in [2.75, 3.05) is 6.54 Å².